The van der Waals surface area contributed by atoms with Crippen LogP contribution in [0.5, 0.6) is 5.75 Å². The molecule has 1 aromatic carbocycles. The van der Waals surface area contributed by atoms with Crippen molar-refractivity contribution in [1.29, 1.82) is 0 Å². The number of rotatable bonds is 5. The summed E-state index contributed by atoms with van der Waals surface area (Å²) in [7, 11) is 1.66. The molecule has 1 aliphatic heterocycles. The predicted molar refractivity (Wildman–Crippen MR) is 116 cm³/mol. The van der Waals surface area contributed by atoms with Crippen LogP contribution in [-0.2, 0) is 10.2 Å². The van der Waals surface area contributed by atoms with Crippen LogP contribution in [0.4, 0.5) is 0 Å². The maximum absolute atomic E-state index is 14.0. The molecule has 7 heteroatoms. The van der Waals surface area contributed by atoms with Gasteiger partial charge >= 0.3 is 0 Å². The number of likely N-dealkylation sites (tertiary alicyclic amines) is 1. The highest BCUT2D eigenvalue weighted by Gasteiger charge is 2.48. The van der Waals surface area contributed by atoms with E-state index in [9.17, 15) is 4.79 Å². The molecular formula is C24H27N5O2. The molecule has 3 aromatic rings. The first-order valence-electron chi connectivity index (χ1n) is 11.0. The molecule has 1 saturated carbocycles. The second-order valence-electron chi connectivity index (χ2n) is 8.45. The highest BCUT2D eigenvalue weighted by molar-refractivity contribution is 5.89. The number of benzene rings is 1. The van der Waals surface area contributed by atoms with Crippen molar-refractivity contribution in [2.45, 2.75) is 50.0 Å². The van der Waals surface area contributed by atoms with Gasteiger partial charge in [0, 0.05) is 24.5 Å². The second-order valence-corrected chi connectivity index (χ2v) is 8.45. The first-order valence-corrected chi connectivity index (χ1v) is 11.0. The number of carbonyl (C=O) groups is 1. The molecule has 160 valence electrons. The lowest BCUT2D eigenvalue weighted by molar-refractivity contribution is -0.138. The number of aromatic nitrogens is 4. The number of pyridine rings is 1. The van der Waals surface area contributed by atoms with Gasteiger partial charge < -0.3 is 9.64 Å². The molecule has 1 aliphatic carbocycles. The number of amides is 1. The molecule has 5 rings (SSSR count). The van der Waals surface area contributed by atoms with Gasteiger partial charge in [-0.2, -0.15) is 5.10 Å². The molecule has 2 aliphatic rings. The van der Waals surface area contributed by atoms with Crippen molar-refractivity contribution in [1.82, 2.24) is 25.1 Å². The highest BCUT2D eigenvalue weighted by atomic mass is 16.5. The van der Waals surface area contributed by atoms with Crippen LogP contribution < -0.4 is 4.74 Å². The number of aromatic amines is 1. The lowest BCUT2D eigenvalue weighted by Crippen LogP contribution is -2.45. The zero-order valence-electron chi connectivity index (χ0n) is 17.8. The standard InChI is InChI=1S/C24H27N5O2/c1-31-19-8-6-18(7-9-19)24(12-2-3-13-24)23(30)29-16-4-5-20(29)22-26-21(27-28-22)17-10-14-25-15-11-17/h6-11,14-15,20H,2-5,12-13,16H2,1H3,(H,26,27,28)/t20-/m0/s1. The van der Waals surface area contributed by atoms with E-state index >= 15 is 0 Å². The van der Waals surface area contributed by atoms with Gasteiger partial charge in [-0.15, -0.1) is 0 Å². The fourth-order valence-electron chi connectivity index (χ4n) is 5.14. The van der Waals surface area contributed by atoms with Crippen LogP contribution in [0, 0.1) is 0 Å². The Kier molecular flexibility index (Phi) is 5.18. The van der Waals surface area contributed by atoms with Crippen molar-refractivity contribution in [3.8, 4) is 17.1 Å². The van der Waals surface area contributed by atoms with Gasteiger partial charge in [-0.3, -0.25) is 14.9 Å². The topological polar surface area (TPSA) is 84.0 Å². The van der Waals surface area contributed by atoms with E-state index in [0.29, 0.717) is 5.82 Å². The number of nitrogens with zero attached hydrogens (tertiary/aromatic N) is 4. The Balaban J connectivity index is 1.44. The minimum atomic E-state index is -0.456. The third-order valence-corrected chi connectivity index (χ3v) is 6.78. The van der Waals surface area contributed by atoms with E-state index in [2.05, 4.69) is 27.3 Å². The zero-order chi connectivity index (χ0) is 21.3. The van der Waals surface area contributed by atoms with Crippen molar-refractivity contribution in [3.05, 3.63) is 60.2 Å². The van der Waals surface area contributed by atoms with Gasteiger partial charge in [-0.25, -0.2) is 4.98 Å². The van der Waals surface area contributed by atoms with E-state index in [0.717, 1.165) is 67.8 Å². The minimum Gasteiger partial charge on any atom is -0.497 e. The molecule has 1 saturated heterocycles. The van der Waals surface area contributed by atoms with Gasteiger partial charge in [0.2, 0.25) is 5.91 Å². The molecule has 3 heterocycles. The molecule has 0 unspecified atom stereocenters. The summed E-state index contributed by atoms with van der Waals surface area (Å²) in [5.41, 5.74) is 1.55. The van der Waals surface area contributed by atoms with Crippen molar-refractivity contribution in [2.24, 2.45) is 0 Å². The van der Waals surface area contributed by atoms with Gasteiger partial charge in [0.05, 0.1) is 18.6 Å². The fraction of sp³-hybridized carbons (Fsp3) is 0.417. The number of H-pyrrole nitrogens is 1. The summed E-state index contributed by atoms with van der Waals surface area (Å²) in [6.07, 6.45) is 9.26. The third-order valence-electron chi connectivity index (χ3n) is 6.78. The monoisotopic (exact) mass is 417 g/mol. The third kappa shape index (κ3) is 3.48. The summed E-state index contributed by atoms with van der Waals surface area (Å²) in [5.74, 6) is 2.44. The molecule has 0 bridgehead atoms. The minimum absolute atomic E-state index is 0.0636. The largest absolute Gasteiger partial charge is 0.497 e. The Morgan fingerprint density at radius 1 is 1.10 bits per heavy atom. The Morgan fingerprint density at radius 3 is 2.55 bits per heavy atom. The van der Waals surface area contributed by atoms with Gasteiger partial charge in [0.1, 0.15) is 11.6 Å². The van der Waals surface area contributed by atoms with E-state index in [1.807, 2.05) is 29.2 Å². The molecule has 2 fully saturated rings. The summed E-state index contributed by atoms with van der Waals surface area (Å²) < 4.78 is 5.32. The molecule has 1 atom stereocenters. The zero-order valence-corrected chi connectivity index (χ0v) is 17.8. The van der Waals surface area contributed by atoms with Crippen LogP contribution in [0.1, 0.15) is 56.0 Å². The molecule has 1 amide bonds. The van der Waals surface area contributed by atoms with E-state index in [4.69, 9.17) is 9.72 Å². The number of hydrogen-bond acceptors (Lipinski definition) is 5. The Labute approximate surface area is 181 Å². The summed E-state index contributed by atoms with van der Waals surface area (Å²) in [6, 6.07) is 11.8. The summed E-state index contributed by atoms with van der Waals surface area (Å²) in [5, 5.41) is 7.50. The molecule has 2 aromatic heterocycles. The molecule has 0 radical (unpaired) electrons. The van der Waals surface area contributed by atoms with Gasteiger partial charge in [0.25, 0.3) is 0 Å². The lowest BCUT2D eigenvalue weighted by Gasteiger charge is -2.35. The van der Waals surface area contributed by atoms with Crippen molar-refractivity contribution >= 4 is 5.91 Å². The summed E-state index contributed by atoms with van der Waals surface area (Å²) >= 11 is 0. The number of nitrogens with one attached hydrogen (secondary N) is 1. The number of methoxy groups -OCH3 is 1. The lowest BCUT2D eigenvalue weighted by atomic mass is 9.77. The smallest absolute Gasteiger partial charge is 0.233 e. The molecular weight excluding hydrogens is 390 g/mol. The van der Waals surface area contributed by atoms with Crippen molar-refractivity contribution in [3.63, 3.8) is 0 Å². The fourth-order valence-corrected chi connectivity index (χ4v) is 5.14. The van der Waals surface area contributed by atoms with Gasteiger partial charge in [-0.1, -0.05) is 25.0 Å². The van der Waals surface area contributed by atoms with Crippen LogP contribution in [0.15, 0.2) is 48.8 Å². The van der Waals surface area contributed by atoms with Crippen LogP contribution >= 0.6 is 0 Å². The molecule has 0 spiro atoms. The number of ether oxygens (including phenoxy) is 1. The molecule has 1 N–H and O–H groups in total. The van der Waals surface area contributed by atoms with Crippen LogP contribution in [0.2, 0.25) is 0 Å². The Bertz CT molecular complexity index is 1040. The predicted octanol–water partition coefficient (Wildman–Crippen LogP) is 4.05. The average Bonchev–Trinajstić information content (AvgIpc) is 3.60. The second kappa shape index (κ2) is 8.13. The van der Waals surface area contributed by atoms with Gasteiger partial charge in [-0.05, 0) is 55.5 Å². The molecule has 31 heavy (non-hydrogen) atoms. The van der Waals surface area contributed by atoms with Crippen molar-refractivity contribution in [2.75, 3.05) is 13.7 Å². The maximum atomic E-state index is 14.0. The Hall–Kier alpha value is -3.22. The first kappa shape index (κ1) is 19.7. The van der Waals surface area contributed by atoms with E-state index in [-0.39, 0.29) is 11.9 Å². The first-order chi connectivity index (χ1) is 15.2. The average molecular weight is 418 g/mol. The van der Waals surface area contributed by atoms with Crippen LogP contribution in [0.25, 0.3) is 11.4 Å². The quantitative estimate of drug-likeness (QED) is 0.677. The summed E-state index contributed by atoms with van der Waals surface area (Å²) in [6.45, 7) is 0.757. The SMILES string of the molecule is COc1ccc(C2(C(=O)N3CCC[C@H]3c3nc(-c4ccncc4)n[nH]3)CCCC2)cc1. The number of hydrogen-bond donors (Lipinski definition) is 1. The van der Waals surface area contributed by atoms with Gasteiger partial charge in [0.15, 0.2) is 5.82 Å². The van der Waals surface area contributed by atoms with Crippen molar-refractivity contribution < 1.29 is 9.53 Å². The number of carbonyl (C=O) groups excluding carboxylic acids is 1. The van der Waals surface area contributed by atoms with Crippen LogP contribution in [-0.4, -0.2) is 44.6 Å². The van der Waals surface area contributed by atoms with E-state index < -0.39 is 5.41 Å². The van der Waals surface area contributed by atoms with E-state index in [1.54, 1.807) is 19.5 Å². The molecule has 7 nitrogen and oxygen atoms in total. The summed E-state index contributed by atoms with van der Waals surface area (Å²) in [4.78, 5) is 24.8. The van der Waals surface area contributed by atoms with Crippen LogP contribution in [0.3, 0.4) is 0 Å². The van der Waals surface area contributed by atoms with E-state index in [1.165, 1.54) is 0 Å². The Morgan fingerprint density at radius 2 is 1.84 bits per heavy atom. The maximum Gasteiger partial charge on any atom is 0.233 e. The normalized spacial score (nSPS) is 20.2. The highest BCUT2D eigenvalue weighted by Crippen LogP contribution is 2.45.